The van der Waals surface area contributed by atoms with Gasteiger partial charge in [-0.15, -0.1) is 0 Å². The average molecular weight is 574 g/mol. The summed E-state index contributed by atoms with van der Waals surface area (Å²) in [4.78, 5) is 25.0. The number of rotatable bonds is 13. The molecule has 4 N–H and O–H groups in total. The second-order valence-corrected chi connectivity index (χ2v) is 11.1. The van der Waals surface area contributed by atoms with Gasteiger partial charge in [-0.2, -0.15) is 13.2 Å². The van der Waals surface area contributed by atoms with Crippen molar-refractivity contribution in [1.29, 1.82) is 0 Å². The number of hydrogen-bond donors (Lipinski definition) is 3. The molecule has 3 rings (SSSR count). The van der Waals surface area contributed by atoms with Crippen LogP contribution in [0.15, 0.2) is 36.9 Å². The monoisotopic (exact) mass is 573 g/mol. The van der Waals surface area contributed by atoms with Crippen molar-refractivity contribution in [2.75, 3.05) is 25.8 Å². The standard InChI is InChI=1S/C23H31F3N7O5P/c1-14(2)31-22(34)18(10-36-4)32-39(35,38-17-7-5-16(6-8-17)23(24,25)26)13-37-15(3)9-33-12-30-19-20(27)28-11-29-21(19)33/h5-8,11-12,14-15,18H,9-10,13H2,1-4H3,(H,31,34)(H,32,35)(H2,27,28,29)/t15-,18+,39?/m1/s1. The van der Waals surface area contributed by atoms with Gasteiger partial charge in [0.25, 0.3) is 0 Å². The quantitative estimate of drug-likeness (QED) is 0.260. The molecule has 39 heavy (non-hydrogen) atoms. The Balaban J connectivity index is 1.80. The lowest BCUT2D eigenvalue weighted by atomic mass is 10.2. The highest BCUT2D eigenvalue weighted by Crippen LogP contribution is 2.44. The Labute approximate surface area is 222 Å². The highest BCUT2D eigenvalue weighted by Gasteiger charge is 2.34. The predicted molar refractivity (Wildman–Crippen MR) is 137 cm³/mol. The van der Waals surface area contributed by atoms with E-state index in [1.807, 2.05) is 0 Å². The van der Waals surface area contributed by atoms with E-state index in [-0.39, 0.29) is 30.8 Å². The Kier molecular flexibility index (Phi) is 9.88. The lowest BCUT2D eigenvalue weighted by Crippen LogP contribution is -2.48. The third kappa shape index (κ3) is 8.36. The van der Waals surface area contributed by atoms with Gasteiger partial charge in [0.15, 0.2) is 11.5 Å². The van der Waals surface area contributed by atoms with Crippen LogP contribution in [0.25, 0.3) is 11.2 Å². The van der Waals surface area contributed by atoms with Crippen LogP contribution in [0, 0.1) is 0 Å². The van der Waals surface area contributed by atoms with E-state index in [1.165, 1.54) is 19.8 Å². The van der Waals surface area contributed by atoms with Crippen molar-refractivity contribution in [2.45, 2.75) is 51.7 Å². The first kappa shape index (κ1) is 30.3. The molecule has 2 heterocycles. The average Bonchev–Trinajstić information content (AvgIpc) is 3.26. The number of amides is 1. The van der Waals surface area contributed by atoms with Gasteiger partial charge in [0.2, 0.25) is 5.91 Å². The summed E-state index contributed by atoms with van der Waals surface area (Å²) >= 11 is 0. The zero-order valence-electron chi connectivity index (χ0n) is 21.8. The molecule has 1 aromatic carbocycles. The highest BCUT2D eigenvalue weighted by atomic mass is 31.2. The number of nitrogens with zero attached hydrogens (tertiary/aromatic N) is 4. The Morgan fingerprint density at radius 1 is 1.15 bits per heavy atom. The molecule has 0 saturated carbocycles. The number of alkyl halides is 3. The summed E-state index contributed by atoms with van der Waals surface area (Å²) in [5.41, 5.74) is 5.82. The van der Waals surface area contributed by atoms with Gasteiger partial charge in [0.05, 0.1) is 31.1 Å². The van der Waals surface area contributed by atoms with E-state index in [2.05, 4.69) is 25.4 Å². The van der Waals surface area contributed by atoms with Crippen LogP contribution in [-0.4, -0.2) is 63.7 Å². The second kappa shape index (κ2) is 12.7. The summed E-state index contributed by atoms with van der Waals surface area (Å²) in [6.45, 7) is 5.29. The fraction of sp³-hybridized carbons (Fsp3) is 0.478. The van der Waals surface area contributed by atoms with E-state index < -0.39 is 43.7 Å². The number of anilines is 1. The zero-order valence-corrected chi connectivity index (χ0v) is 22.7. The zero-order chi connectivity index (χ0) is 28.8. The molecule has 2 aromatic heterocycles. The SMILES string of the molecule is COC[C@H](NP(=O)(CO[C@H](C)Cn1cnc2c(N)ncnc21)Oc1ccc(C(F)(F)F)cc1)C(=O)NC(C)C. The molecule has 16 heteroatoms. The van der Waals surface area contributed by atoms with Gasteiger partial charge in [-0.25, -0.2) is 20.0 Å². The van der Waals surface area contributed by atoms with Crippen LogP contribution in [0.4, 0.5) is 19.0 Å². The molecule has 0 aliphatic heterocycles. The topological polar surface area (TPSA) is 156 Å². The predicted octanol–water partition coefficient (Wildman–Crippen LogP) is 3.19. The molecule has 214 valence electrons. The maximum atomic E-state index is 13.9. The minimum Gasteiger partial charge on any atom is -0.431 e. The van der Waals surface area contributed by atoms with Gasteiger partial charge >= 0.3 is 13.7 Å². The number of carbonyl (C=O) groups is 1. The van der Waals surface area contributed by atoms with Crippen LogP contribution in [0.1, 0.15) is 26.3 Å². The van der Waals surface area contributed by atoms with Crippen molar-refractivity contribution < 1.29 is 36.5 Å². The molecule has 0 radical (unpaired) electrons. The van der Waals surface area contributed by atoms with Crippen molar-refractivity contribution in [2.24, 2.45) is 0 Å². The summed E-state index contributed by atoms with van der Waals surface area (Å²) in [6.07, 6.45) is -2.82. The van der Waals surface area contributed by atoms with Gasteiger partial charge in [-0.3, -0.25) is 9.36 Å². The maximum absolute atomic E-state index is 13.9. The van der Waals surface area contributed by atoms with Gasteiger partial charge < -0.3 is 29.6 Å². The number of carbonyl (C=O) groups excluding carboxylic acids is 1. The number of aromatic nitrogens is 4. The number of halogens is 3. The van der Waals surface area contributed by atoms with E-state index in [9.17, 15) is 22.5 Å². The van der Waals surface area contributed by atoms with Crippen LogP contribution < -0.4 is 20.7 Å². The first-order valence-corrected chi connectivity index (χ1v) is 13.7. The highest BCUT2D eigenvalue weighted by molar-refractivity contribution is 7.57. The van der Waals surface area contributed by atoms with E-state index in [0.717, 1.165) is 24.3 Å². The number of nitrogens with one attached hydrogen (secondary N) is 2. The Morgan fingerprint density at radius 3 is 2.46 bits per heavy atom. The van der Waals surface area contributed by atoms with Crippen molar-refractivity contribution in [1.82, 2.24) is 29.9 Å². The van der Waals surface area contributed by atoms with Gasteiger partial charge in [-0.1, -0.05) is 0 Å². The van der Waals surface area contributed by atoms with Crippen LogP contribution in [0.2, 0.25) is 0 Å². The lowest BCUT2D eigenvalue weighted by molar-refractivity contribution is -0.137. The summed E-state index contributed by atoms with van der Waals surface area (Å²) in [5.74, 6) is -0.392. The molecule has 1 amide bonds. The number of nitrogens with two attached hydrogens (primary N) is 1. The van der Waals surface area contributed by atoms with Gasteiger partial charge in [0.1, 0.15) is 30.0 Å². The van der Waals surface area contributed by atoms with Crippen molar-refractivity contribution in [3.05, 3.63) is 42.5 Å². The van der Waals surface area contributed by atoms with E-state index >= 15 is 0 Å². The molecule has 1 unspecified atom stereocenters. The molecule has 0 fully saturated rings. The van der Waals surface area contributed by atoms with E-state index in [0.29, 0.717) is 11.2 Å². The van der Waals surface area contributed by atoms with Crippen molar-refractivity contribution in [3.63, 3.8) is 0 Å². The number of benzene rings is 1. The first-order valence-electron chi connectivity index (χ1n) is 11.9. The van der Waals surface area contributed by atoms with Crippen molar-refractivity contribution in [3.8, 4) is 5.75 Å². The fourth-order valence-corrected chi connectivity index (χ4v) is 5.27. The first-order chi connectivity index (χ1) is 18.3. The van der Waals surface area contributed by atoms with E-state index in [4.69, 9.17) is 19.7 Å². The molecule has 3 atom stereocenters. The number of hydrogen-bond acceptors (Lipinski definition) is 9. The van der Waals surface area contributed by atoms with Crippen molar-refractivity contribution >= 4 is 30.4 Å². The number of methoxy groups -OCH3 is 1. The largest absolute Gasteiger partial charge is 0.431 e. The van der Waals surface area contributed by atoms with Crippen LogP contribution in [0.5, 0.6) is 5.75 Å². The molecular formula is C23H31F3N7O5P. The molecule has 0 saturated heterocycles. The molecule has 3 aromatic rings. The fourth-order valence-electron chi connectivity index (χ4n) is 3.51. The Morgan fingerprint density at radius 2 is 1.85 bits per heavy atom. The minimum absolute atomic E-state index is 0.108. The summed E-state index contributed by atoms with van der Waals surface area (Å²) in [6, 6.07) is 2.38. The molecule has 0 aliphatic rings. The van der Waals surface area contributed by atoms with Crippen LogP contribution in [0.3, 0.4) is 0 Å². The Bertz CT molecular complexity index is 1300. The molecule has 0 spiro atoms. The molecule has 0 bridgehead atoms. The van der Waals surface area contributed by atoms with E-state index in [1.54, 1.807) is 25.3 Å². The number of nitrogen functional groups attached to an aromatic ring is 1. The third-order valence-electron chi connectivity index (χ3n) is 5.28. The van der Waals surface area contributed by atoms with Crippen LogP contribution in [-0.2, 0) is 31.6 Å². The number of fused-ring (bicyclic) bond motifs is 1. The van der Waals surface area contributed by atoms with Gasteiger partial charge in [0, 0.05) is 13.2 Å². The third-order valence-corrected chi connectivity index (χ3v) is 6.98. The summed E-state index contributed by atoms with van der Waals surface area (Å²) < 4.78 is 71.1. The summed E-state index contributed by atoms with van der Waals surface area (Å²) in [7, 11) is -2.68. The number of ether oxygens (including phenoxy) is 2. The smallest absolute Gasteiger partial charge is 0.416 e. The van der Waals surface area contributed by atoms with Gasteiger partial charge in [-0.05, 0) is 45.0 Å². The number of imidazole rings is 1. The Hall–Kier alpha value is -3.26. The normalized spacial score (nSPS) is 15.2. The molecule has 0 aliphatic carbocycles. The maximum Gasteiger partial charge on any atom is 0.416 e. The van der Waals surface area contributed by atoms with Crippen LogP contribution >= 0.6 is 7.52 Å². The summed E-state index contributed by atoms with van der Waals surface area (Å²) in [5, 5.41) is 5.37. The lowest BCUT2D eigenvalue weighted by Gasteiger charge is -2.27. The molecule has 12 nitrogen and oxygen atoms in total. The molecular weight excluding hydrogens is 542 g/mol. The second-order valence-electron chi connectivity index (χ2n) is 9.02. The minimum atomic E-state index is -4.55.